The average Bonchev–Trinajstić information content (AvgIpc) is 3.06. The van der Waals surface area contributed by atoms with E-state index >= 15 is 0 Å². The fourth-order valence-corrected chi connectivity index (χ4v) is 2.74. The van der Waals surface area contributed by atoms with Crippen LogP contribution in [0.25, 0.3) is 0 Å². The van der Waals surface area contributed by atoms with Gasteiger partial charge in [-0.15, -0.1) is 0 Å². The van der Waals surface area contributed by atoms with Crippen molar-refractivity contribution in [3.63, 3.8) is 0 Å². The third-order valence-electron chi connectivity index (χ3n) is 3.75. The van der Waals surface area contributed by atoms with Crippen LogP contribution in [0.2, 0.25) is 0 Å². The monoisotopic (exact) mass is 375 g/mol. The summed E-state index contributed by atoms with van der Waals surface area (Å²) in [4.78, 5) is 17.4. The molecule has 3 rings (SSSR count). The number of halogens is 1. The van der Waals surface area contributed by atoms with Gasteiger partial charge in [-0.25, -0.2) is 16.3 Å². The predicted octanol–water partition coefficient (Wildman–Crippen LogP) is 2.60. The minimum Gasteiger partial charge on any atom is -0.271 e. The zero-order valence-electron chi connectivity index (χ0n) is 12.5. The molecule has 2 atom stereocenters. The minimum absolute atomic E-state index is 0.105. The van der Waals surface area contributed by atoms with Gasteiger partial charge in [0.15, 0.2) is 0 Å². The number of hydrogen-bond donors (Lipinski definition) is 3. The molecule has 23 heavy (non-hydrogen) atoms. The lowest BCUT2D eigenvalue weighted by atomic mass is 10.0. The molecule has 1 saturated heterocycles. The summed E-state index contributed by atoms with van der Waals surface area (Å²) in [5, 5.41) is 0. The number of carbonyl (C=O) groups excluding carboxylic acids is 1. The van der Waals surface area contributed by atoms with Gasteiger partial charge in [0.25, 0.3) is 5.91 Å². The Labute approximate surface area is 143 Å². The summed E-state index contributed by atoms with van der Waals surface area (Å²) in [6.07, 6.45) is 0.669. The van der Waals surface area contributed by atoms with Crippen LogP contribution in [0.3, 0.4) is 0 Å². The molecule has 3 N–H and O–H groups in total. The first-order valence-corrected chi connectivity index (χ1v) is 8.24. The van der Waals surface area contributed by atoms with Crippen LogP contribution < -0.4 is 16.3 Å². The summed E-state index contributed by atoms with van der Waals surface area (Å²) in [7, 11) is 0. The lowest BCUT2D eigenvalue weighted by Crippen LogP contribution is -2.43. The zero-order chi connectivity index (χ0) is 16.1. The maximum Gasteiger partial charge on any atom is 0.262 e. The van der Waals surface area contributed by atoms with Gasteiger partial charge in [0.1, 0.15) is 6.04 Å². The van der Waals surface area contributed by atoms with Gasteiger partial charge in [0.2, 0.25) is 0 Å². The van der Waals surface area contributed by atoms with Gasteiger partial charge in [-0.3, -0.25) is 9.63 Å². The Kier molecular flexibility index (Phi) is 5.40. The van der Waals surface area contributed by atoms with Gasteiger partial charge in [-0.2, -0.15) is 0 Å². The molecule has 0 aromatic heterocycles. The number of hydrogen-bond acceptors (Lipinski definition) is 4. The molecule has 0 aliphatic carbocycles. The van der Waals surface area contributed by atoms with Gasteiger partial charge >= 0.3 is 0 Å². The van der Waals surface area contributed by atoms with Crippen molar-refractivity contribution in [2.45, 2.75) is 25.1 Å². The van der Waals surface area contributed by atoms with Gasteiger partial charge in [-0.05, 0) is 29.7 Å². The van der Waals surface area contributed by atoms with Crippen molar-refractivity contribution in [3.05, 3.63) is 70.2 Å². The highest BCUT2D eigenvalue weighted by molar-refractivity contribution is 9.10. The van der Waals surface area contributed by atoms with E-state index < -0.39 is 0 Å². The van der Waals surface area contributed by atoms with Crippen molar-refractivity contribution in [2.75, 3.05) is 0 Å². The Morgan fingerprint density at radius 3 is 2.61 bits per heavy atom. The number of amides is 1. The second kappa shape index (κ2) is 7.70. The van der Waals surface area contributed by atoms with E-state index in [2.05, 4.69) is 32.3 Å². The van der Waals surface area contributed by atoms with Crippen molar-refractivity contribution in [2.24, 2.45) is 0 Å². The third kappa shape index (κ3) is 4.39. The minimum atomic E-state index is -0.320. The van der Waals surface area contributed by atoms with E-state index in [9.17, 15) is 4.79 Å². The first kappa shape index (κ1) is 16.1. The van der Waals surface area contributed by atoms with E-state index in [-0.39, 0.29) is 18.0 Å². The third-order valence-corrected chi connectivity index (χ3v) is 4.28. The molecule has 6 heteroatoms. The zero-order valence-corrected chi connectivity index (χ0v) is 14.0. The fraction of sp³-hybridized carbons (Fsp3) is 0.235. The number of rotatable bonds is 5. The molecule has 0 saturated carbocycles. The normalized spacial score (nSPS) is 20.4. The Hall–Kier alpha value is -1.73. The van der Waals surface area contributed by atoms with E-state index in [1.165, 1.54) is 0 Å². The summed E-state index contributed by atoms with van der Waals surface area (Å²) in [6.45, 7) is 0.350. The molecule has 2 unspecified atom stereocenters. The Morgan fingerprint density at radius 1 is 1.13 bits per heavy atom. The van der Waals surface area contributed by atoms with E-state index in [1.54, 1.807) is 0 Å². The summed E-state index contributed by atoms with van der Waals surface area (Å²) in [6, 6.07) is 17.6. The molecule has 1 aliphatic rings. The SMILES string of the molecule is O=C(NOCc1ccccc1)C1CC(c2ccc(Br)cc2)NN1. The van der Waals surface area contributed by atoms with Crippen LogP contribution in [0.1, 0.15) is 23.6 Å². The number of hydroxylamine groups is 1. The molecule has 1 fully saturated rings. The molecule has 5 nitrogen and oxygen atoms in total. The van der Waals surface area contributed by atoms with Crippen LogP contribution in [0.15, 0.2) is 59.1 Å². The maximum atomic E-state index is 12.1. The van der Waals surface area contributed by atoms with Crippen LogP contribution in [0, 0.1) is 0 Å². The topological polar surface area (TPSA) is 62.4 Å². The molecule has 0 radical (unpaired) electrons. The molecule has 2 aromatic rings. The van der Waals surface area contributed by atoms with Crippen molar-refractivity contribution < 1.29 is 9.63 Å². The Balaban J connectivity index is 1.46. The van der Waals surface area contributed by atoms with Crippen molar-refractivity contribution in [3.8, 4) is 0 Å². The lowest BCUT2D eigenvalue weighted by molar-refractivity contribution is -0.136. The van der Waals surface area contributed by atoms with Gasteiger partial charge in [0, 0.05) is 10.5 Å². The van der Waals surface area contributed by atoms with Crippen LogP contribution in [-0.2, 0) is 16.2 Å². The lowest BCUT2D eigenvalue weighted by Gasteiger charge is -2.11. The summed E-state index contributed by atoms with van der Waals surface area (Å²) < 4.78 is 1.04. The molecule has 1 aliphatic heterocycles. The molecule has 0 bridgehead atoms. The standard InChI is InChI=1S/C17H18BrN3O2/c18-14-8-6-13(7-9-14)15-10-16(20-19-15)17(22)21-23-11-12-4-2-1-3-5-12/h1-9,15-16,19-20H,10-11H2,(H,21,22). The smallest absolute Gasteiger partial charge is 0.262 e. The summed E-state index contributed by atoms with van der Waals surface area (Å²) in [5.41, 5.74) is 10.8. The number of carbonyl (C=O) groups is 1. The number of hydrazine groups is 1. The molecule has 1 heterocycles. The van der Waals surface area contributed by atoms with Crippen molar-refractivity contribution in [1.29, 1.82) is 0 Å². The molecule has 1 amide bonds. The van der Waals surface area contributed by atoms with Crippen LogP contribution in [-0.4, -0.2) is 11.9 Å². The van der Waals surface area contributed by atoms with E-state index in [1.807, 2.05) is 54.6 Å². The summed E-state index contributed by atoms with van der Waals surface area (Å²) >= 11 is 3.42. The number of benzene rings is 2. The first-order chi connectivity index (χ1) is 11.2. The molecule has 2 aromatic carbocycles. The highest BCUT2D eigenvalue weighted by Gasteiger charge is 2.30. The van der Waals surface area contributed by atoms with E-state index in [4.69, 9.17) is 4.84 Å². The molecular weight excluding hydrogens is 358 g/mol. The molecular formula is C17H18BrN3O2. The van der Waals surface area contributed by atoms with Crippen LogP contribution in [0.4, 0.5) is 0 Å². The average molecular weight is 376 g/mol. The maximum absolute atomic E-state index is 12.1. The first-order valence-electron chi connectivity index (χ1n) is 7.44. The van der Waals surface area contributed by atoms with Crippen molar-refractivity contribution in [1.82, 2.24) is 16.3 Å². The molecule has 0 spiro atoms. The Bertz CT molecular complexity index is 649. The second-order valence-corrected chi connectivity index (χ2v) is 6.34. The second-order valence-electron chi connectivity index (χ2n) is 5.42. The Morgan fingerprint density at radius 2 is 1.87 bits per heavy atom. The highest BCUT2D eigenvalue weighted by Crippen LogP contribution is 2.23. The fourth-order valence-electron chi connectivity index (χ4n) is 2.48. The van der Waals surface area contributed by atoms with Gasteiger partial charge in [0.05, 0.1) is 6.61 Å². The predicted molar refractivity (Wildman–Crippen MR) is 90.9 cm³/mol. The molecule has 120 valence electrons. The number of nitrogens with one attached hydrogen (secondary N) is 3. The largest absolute Gasteiger partial charge is 0.271 e. The summed E-state index contributed by atoms with van der Waals surface area (Å²) in [5.74, 6) is -0.173. The van der Waals surface area contributed by atoms with Crippen LogP contribution >= 0.6 is 15.9 Å². The highest BCUT2D eigenvalue weighted by atomic mass is 79.9. The van der Waals surface area contributed by atoms with E-state index in [0.29, 0.717) is 13.0 Å². The van der Waals surface area contributed by atoms with Crippen molar-refractivity contribution >= 4 is 21.8 Å². The quantitative estimate of drug-likeness (QED) is 0.703. The van der Waals surface area contributed by atoms with E-state index in [0.717, 1.165) is 15.6 Å². The van der Waals surface area contributed by atoms with Gasteiger partial charge in [-0.1, -0.05) is 58.4 Å². The van der Waals surface area contributed by atoms with Gasteiger partial charge < -0.3 is 0 Å². The van der Waals surface area contributed by atoms with Crippen LogP contribution in [0.5, 0.6) is 0 Å².